The molecule has 2 heterocycles. The Morgan fingerprint density at radius 2 is 2.15 bits per heavy atom. The molecule has 2 aromatic heterocycles. The average Bonchev–Trinajstić information content (AvgIpc) is 2.93. The van der Waals surface area contributed by atoms with Crippen LogP contribution in [-0.4, -0.2) is 55.2 Å². The molecule has 0 spiro atoms. The first-order valence-electron chi connectivity index (χ1n) is 6.07. The van der Waals surface area contributed by atoms with E-state index in [1.165, 1.54) is 18.0 Å². The van der Waals surface area contributed by atoms with Crippen molar-refractivity contribution in [3.8, 4) is 0 Å². The van der Waals surface area contributed by atoms with Gasteiger partial charge in [-0.05, 0) is 6.42 Å². The Morgan fingerprint density at radius 1 is 1.40 bits per heavy atom. The molecular weight excluding hydrogens is 269 g/mol. The van der Waals surface area contributed by atoms with Gasteiger partial charge in [0.05, 0.1) is 18.5 Å². The summed E-state index contributed by atoms with van der Waals surface area (Å²) in [6.07, 6.45) is -1.79. The van der Waals surface area contributed by atoms with Gasteiger partial charge < -0.3 is 25.3 Å². The van der Waals surface area contributed by atoms with Gasteiger partial charge in [0, 0.05) is 7.11 Å². The maximum absolute atomic E-state index is 13.3. The first kappa shape index (κ1) is 13.2. The molecule has 0 aliphatic heterocycles. The van der Waals surface area contributed by atoms with Crippen molar-refractivity contribution in [2.45, 2.75) is 30.8 Å². The van der Waals surface area contributed by atoms with Gasteiger partial charge in [-0.2, -0.15) is 14.4 Å². The summed E-state index contributed by atoms with van der Waals surface area (Å²) in [6.45, 7) is 0. The number of nitrogens with two attached hydrogens (primary N) is 1. The summed E-state index contributed by atoms with van der Waals surface area (Å²) in [7, 11) is 1.45. The van der Waals surface area contributed by atoms with Crippen LogP contribution in [-0.2, 0) is 4.74 Å². The third kappa shape index (κ3) is 1.82. The van der Waals surface area contributed by atoms with Gasteiger partial charge in [0.15, 0.2) is 11.5 Å². The van der Waals surface area contributed by atoms with Crippen LogP contribution in [0.15, 0.2) is 6.33 Å². The van der Waals surface area contributed by atoms with Gasteiger partial charge in [0.25, 0.3) is 0 Å². The van der Waals surface area contributed by atoms with E-state index in [1.54, 1.807) is 0 Å². The van der Waals surface area contributed by atoms with Crippen molar-refractivity contribution < 1.29 is 19.3 Å². The van der Waals surface area contributed by atoms with Crippen LogP contribution in [0.25, 0.3) is 11.2 Å². The molecule has 3 rings (SSSR count). The zero-order valence-corrected chi connectivity index (χ0v) is 10.6. The lowest BCUT2D eigenvalue weighted by Crippen LogP contribution is -2.32. The van der Waals surface area contributed by atoms with E-state index in [1.807, 2.05) is 0 Å². The second-order valence-corrected chi connectivity index (χ2v) is 4.76. The minimum atomic E-state index is -1.06. The van der Waals surface area contributed by atoms with Crippen LogP contribution < -0.4 is 5.73 Å². The Hall–Kier alpha value is -1.84. The van der Waals surface area contributed by atoms with Gasteiger partial charge in [-0.1, -0.05) is 0 Å². The van der Waals surface area contributed by atoms with E-state index in [-0.39, 0.29) is 17.0 Å². The fourth-order valence-corrected chi connectivity index (χ4v) is 2.63. The van der Waals surface area contributed by atoms with Gasteiger partial charge in [0.1, 0.15) is 17.7 Å². The van der Waals surface area contributed by atoms with Crippen molar-refractivity contribution >= 4 is 17.0 Å². The number of imidazole rings is 1. The maximum Gasteiger partial charge on any atom is 0.312 e. The zero-order valence-electron chi connectivity index (χ0n) is 10.6. The second kappa shape index (κ2) is 4.62. The van der Waals surface area contributed by atoms with E-state index >= 15 is 0 Å². The second-order valence-electron chi connectivity index (χ2n) is 4.76. The summed E-state index contributed by atoms with van der Waals surface area (Å²) in [6, 6.07) is -0.520. The van der Waals surface area contributed by atoms with E-state index in [0.717, 1.165) is 0 Å². The lowest BCUT2D eigenvalue weighted by molar-refractivity contribution is -0.0404. The van der Waals surface area contributed by atoms with Crippen LogP contribution in [0.1, 0.15) is 12.5 Å². The highest BCUT2D eigenvalue weighted by Crippen LogP contribution is 2.34. The molecule has 1 saturated carbocycles. The van der Waals surface area contributed by atoms with Crippen molar-refractivity contribution in [3.05, 3.63) is 12.4 Å². The molecule has 4 atom stereocenters. The molecule has 0 saturated heterocycles. The zero-order chi connectivity index (χ0) is 14.4. The van der Waals surface area contributed by atoms with Crippen LogP contribution in [0.5, 0.6) is 0 Å². The molecule has 0 unspecified atom stereocenters. The molecular formula is C11H14FN5O3. The van der Waals surface area contributed by atoms with E-state index in [2.05, 4.69) is 15.0 Å². The fraction of sp³-hybridized carbons (Fsp3) is 0.545. The van der Waals surface area contributed by atoms with Crippen LogP contribution in [0.4, 0.5) is 10.2 Å². The summed E-state index contributed by atoms with van der Waals surface area (Å²) < 4.78 is 19.9. The van der Waals surface area contributed by atoms with Crippen LogP contribution in [0.3, 0.4) is 0 Å². The van der Waals surface area contributed by atoms with E-state index in [9.17, 15) is 14.6 Å². The standard InChI is InChI=1S/C11H14FN5O3/c1-20-5-2-4(7(18)8(5)19)17-3-14-6-9(13)15-11(12)16-10(6)17/h3-5,7-8,18-19H,2H2,1H3,(H2,13,15,16)/t4-,5+,7-,8-/m1/s1. The molecule has 1 fully saturated rings. The molecule has 1 aliphatic rings. The Labute approximate surface area is 113 Å². The molecule has 4 N–H and O–H groups in total. The molecule has 8 nitrogen and oxygen atoms in total. The molecule has 0 radical (unpaired) electrons. The summed E-state index contributed by atoms with van der Waals surface area (Å²) in [5.41, 5.74) is 6.02. The van der Waals surface area contributed by atoms with Crippen LogP contribution in [0, 0.1) is 6.08 Å². The lowest BCUT2D eigenvalue weighted by atomic mass is 10.2. The third-order valence-corrected chi connectivity index (χ3v) is 3.68. The highest BCUT2D eigenvalue weighted by atomic mass is 19.1. The van der Waals surface area contributed by atoms with Gasteiger partial charge in [-0.25, -0.2) is 4.98 Å². The Balaban J connectivity index is 2.07. The monoisotopic (exact) mass is 283 g/mol. The third-order valence-electron chi connectivity index (χ3n) is 3.68. The number of aliphatic hydroxyl groups excluding tert-OH is 2. The number of hydrogen-bond acceptors (Lipinski definition) is 7. The number of methoxy groups -OCH3 is 1. The molecule has 1 aliphatic carbocycles. The Morgan fingerprint density at radius 3 is 2.80 bits per heavy atom. The predicted molar refractivity (Wildman–Crippen MR) is 66.2 cm³/mol. The molecule has 0 bridgehead atoms. The summed E-state index contributed by atoms with van der Waals surface area (Å²) >= 11 is 0. The number of fused-ring (bicyclic) bond motifs is 1. The highest BCUT2D eigenvalue weighted by molar-refractivity contribution is 5.81. The van der Waals surface area contributed by atoms with Gasteiger partial charge >= 0.3 is 6.08 Å². The first-order valence-corrected chi connectivity index (χ1v) is 6.07. The number of anilines is 1. The Bertz CT molecular complexity index is 648. The van der Waals surface area contributed by atoms with Gasteiger partial charge in [0.2, 0.25) is 0 Å². The summed E-state index contributed by atoms with van der Waals surface area (Å²) in [5, 5.41) is 19.9. The van der Waals surface area contributed by atoms with E-state index in [4.69, 9.17) is 10.5 Å². The first-order chi connectivity index (χ1) is 9.52. The van der Waals surface area contributed by atoms with Crippen molar-refractivity contribution in [3.63, 3.8) is 0 Å². The van der Waals surface area contributed by atoms with Gasteiger partial charge in [-0.3, -0.25) is 0 Å². The number of aromatic nitrogens is 4. The number of halogens is 1. The van der Waals surface area contributed by atoms with Crippen molar-refractivity contribution in [1.82, 2.24) is 19.5 Å². The van der Waals surface area contributed by atoms with Crippen molar-refractivity contribution in [1.29, 1.82) is 0 Å². The molecule has 108 valence electrons. The van der Waals surface area contributed by atoms with Crippen molar-refractivity contribution in [2.24, 2.45) is 0 Å². The number of hydrogen-bond donors (Lipinski definition) is 3. The van der Waals surface area contributed by atoms with Crippen LogP contribution in [0.2, 0.25) is 0 Å². The number of nitrogens with zero attached hydrogens (tertiary/aromatic N) is 4. The number of aliphatic hydroxyl groups is 2. The molecule has 0 aromatic carbocycles. The highest BCUT2D eigenvalue weighted by Gasteiger charge is 2.43. The number of ether oxygens (including phenoxy) is 1. The number of rotatable bonds is 2. The predicted octanol–water partition coefficient (Wildman–Crippen LogP) is -0.771. The molecule has 9 heteroatoms. The van der Waals surface area contributed by atoms with Crippen LogP contribution >= 0.6 is 0 Å². The average molecular weight is 283 g/mol. The van der Waals surface area contributed by atoms with Gasteiger partial charge in [-0.15, -0.1) is 0 Å². The number of nitrogen functional groups attached to an aromatic ring is 1. The smallest absolute Gasteiger partial charge is 0.312 e. The minimum Gasteiger partial charge on any atom is -0.388 e. The topological polar surface area (TPSA) is 119 Å². The lowest BCUT2D eigenvalue weighted by Gasteiger charge is -2.17. The molecule has 0 amide bonds. The summed E-state index contributed by atoms with van der Waals surface area (Å²) in [4.78, 5) is 11.1. The Kier molecular flexibility index (Phi) is 3.04. The minimum absolute atomic E-state index is 0.0671. The van der Waals surface area contributed by atoms with Crippen molar-refractivity contribution in [2.75, 3.05) is 12.8 Å². The van der Waals surface area contributed by atoms with E-state index in [0.29, 0.717) is 6.42 Å². The normalized spacial score (nSPS) is 30.2. The quantitative estimate of drug-likeness (QED) is 0.619. The fourth-order valence-electron chi connectivity index (χ4n) is 2.63. The maximum atomic E-state index is 13.3. The van der Waals surface area contributed by atoms with E-state index < -0.39 is 30.4 Å². The SMILES string of the molecule is CO[C@H]1C[C@@H](n2cnc3c(N)nc(F)nc32)[C@@H](O)[C@@H]1O. The summed E-state index contributed by atoms with van der Waals surface area (Å²) in [5.74, 6) is -0.0671. The molecule has 2 aromatic rings. The largest absolute Gasteiger partial charge is 0.388 e. The molecule has 20 heavy (non-hydrogen) atoms.